The van der Waals surface area contributed by atoms with Crippen LogP contribution in [0.5, 0.6) is 0 Å². The summed E-state index contributed by atoms with van der Waals surface area (Å²) in [6.07, 6.45) is 0.541. The van der Waals surface area contributed by atoms with Gasteiger partial charge in [-0.15, -0.1) is 23.2 Å². The molecule has 0 aromatic rings. The SMILES string of the molecule is CC1(C)C(=O)N(CC2(C)CC2(Cl)Cl)C(=O)N1CO. The normalized spacial score (nSPS) is 33.2. The third-order valence-corrected chi connectivity index (χ3v) is 5.10. The minimum absolute atomic E-state index is 0.178. The number of alkyl halides is 2. The molecule has 2 rings (SSSR count). The molecule has 0 radical (unpaired) electrons. The van der Waals surface area contributed by atoms with Crippen molar-refractivity contribution in [2.45, 2.75) is 37.1 Å². The van der Waals surface area contributed by atoms with E-state index in [4.69, 9.17) is 23.2 Å². The largest absolute Gasteiger partial charge is 0.376 e. The lowest BCUT2D eigenvalue weighted by molar-refractivity contribution is -0.133. The molecule has 102 valence electrons. The Hall–Kier alpha value is -0.520. The number of aliphatic hydroxyl groups excluding tert-OH is 1. The van der Waals surface area contributed by atoms with Crippen molar-refractivity contribution in [1.29, 1.82) is 0 Å². The number of imide groups is 1. The van der Waals surface area contributed by atoms with E-state index < -0.39 is 28.0 Å². The topological polar surface area (TPSA) is 60.9 Å². The van der Waals surface area contributed by atoms with Crippen molar-refractivity contribution in [3.05, 3.63) is 0 Å². The second kappa shape index (κ2) is 3.74. The Morgan fingerprint density at radius 1 is 1.28 bits per heavy atom. The van der Waals surface area contributed by atoms with E-state index in [0.29, 0.717) is 6.42 Å². The van der Waals surface area contributed by atoms with Gasteiger partial charge < -0.3 is 5.11 Å². The number of amides is 3. The fourth-order valence-corrected chi connectivity index (χ4v) is 2.97. The van der Waals surface area contributed by atoms with E-state index in [9.17, 15) is 14.7 Å². The summed E-state index contributed by atoms with van der Waals surface area (Å²) in [6, 6.07) is -0.496. The number of hydrogen-bond donors (Lipinski definition) is 1. The van der Waals surface area contributed by atoms with Gasteiger partial charge in [0.05, 0.1) is 0 Å². The van der Waals surface area contributed by atoms with Gasteiger partial charge in [0.15, 0.2) is 0 Å². The highest BCUT2D eigenvalue weighted by Gasteiger charge is 2.65. The Bertz CT molecular complexity index is 425. The second-order valence-electron chi connectivity index (χ2n) is 5.74. The molecule has 0 bridgehead atoms. The molecular formula is C11H16Cl2N2O3. The van der Waals surface area contributed by atoms with E-state index in [-0.39, 0.29) is 12.5 Å². The van der Waals surface area contributed by atoms with E-state index in [1.165, 1.54) is 0 Å². The van der Waals surface area contributed by atoms with Crippen molar-refractivity contribution in [3.63, 3.8) is 0 Å². The molecule has 18 heavy (non-hydrogen) atoms. The first-order valence-electron chi connectivity index (χ1n) is 5.69. The summed E-state index contributed by atoms with van der Waals surface area (Å²) in [5, 5.41) is 9.20. The van der Waals surface area contributed by atoms with Gasteiger partial charge in [-0.1, -0.05) is 6.92 Å². The van der Waals surface area contributed by atoms with Crippen LogP contribution in [0.15, 0.2) is 0 Å². The van der Waals surface area contributed by atoms with Crippen molar-refractivity contribution < 1.29 is 14.7 Å². The van der Waals surface area contributed by atoms with Crippen LogP contribution in [-0.2, 0) is 4.79 Å². The quantitative estimate of drug-likeness (QED) is 0.635. The molecule has 1 aliphatic carbocycles. The van der Waals surface area contributed by atoms with Gasteiger partial charge in [-0.3, -0.25) is 14.6 Å². The molecule has 1 unspecified atom stereocenters. The number of aliphatic hydroxyl groups is 1. The van der Waals surface area contributed by atoms with Gasteiger partial charge in [0.25, 0.3) is 5.91 Å². The van der Waals surface area contributed by atoms with Crippen LogP contribution >= 0.6 is 23.2 Å². The molecule has 1 saturated carbocycles. The Balaban J connectivity index is 2.21. The van der Waals surface area contributed by atoms with Crippen LogP contribution in [0.2, 0.25) is 0 Å². The van der Waals surface area contributed by atoms with Gasteiger partial charge in [0, 0.05) is 12.0 Å². The van der Waals surface area contributed by atoms with Crippen LogP contribution in [0, 0.1) is 5.41 Å². The number of hydrogen-bond acceptors (Lipinski definition) is 3. The monoisotopic (exact) mass is 294 g/mol. The number of carbonyl (C=O) groups is 2. The lowest BCUT2D eigenvalue weighted by Gasteiger charge is -2.24. The first kappa shape index (κ1) is 13.9. The zero-order valence-electron chi connectivity index (χ0n) is 10.5. The Morgan fingerprint density at radius 2 is 1.78 bits per heavy atom. The van der Waals surface area contributed by atoms with Crippen molar-refractivity contribution >= 4 is 35.1 Å². The maximum absolute atomic E-state index is 12.2. The first-order valence-corrected chi connectivity index (χ1v) is 6.45. The zero-order valence-corrected chi connectivity index (χ0v) is 12.0. The van der Waals surface area contributed by atoms with Crippen LogP contribution < -0.4 is 0 Å². The third kappa shape index (κ3) is 1.72. The standard InChI is InChI=1S/C11H16Cl2N2O3/c1-9(2)7(17)14(8(18)15(9)6-16)5-10(3)4-11(10,12)13/h16H,4-6H2,1-3H3. The molecular weight excluding hydrogens is 279 g/mol. The minimum atomic E-state index is -1.03. The molecule has 1 heterocycles. The summed E-state index contributed by atoms with van der Waals surface area (Å²) in [5.41, 5.74) is -1.50. The Kier molecular flexibility index (Phi) is 2.89. The first-order chi connectivity index (χ1) is 8.07. The van der Waals surface area contributed by atoms with Crippen molar-refractivity contribution in [2.24, 2.45) is 5.41 Å². The molecule has 0 aromatic carbocycles. The molecule has 1 atom stereocenters. The maximum Gasteiger partial charge on any atom is 0.329 e. The van der Waals surface area contributed by atoms with Gasteiger partial charge in [-0.25, -0.2) is 4.79 Å². The Morgan fingerprint density at radius 3 is 2.11 bits per heavy atom. The smallest absolute Gasteiger partial charge is 0.329 e. The molecule has 1 N–H and O–H groups in total. The Labute approximate surface area is 116 Å². The highest BCUT2D eigenvalue weighted by molar-refractivity contribution is 6.51. The minimum Gasteiger partial charge on any atom is -0.376 e. The summed E-state index contributed by atoms with van der Waals surface area (Å²) in [6.45, 7) is 4.73. The molecule has 2 aliphatic rings. The molecule has 0 aromatic heterocycles. The molecule has 5 nitrogen and oxygen atoms in total. The average molecular weight is 295 g/mol. The average Bonchev–Trinajstić information content (AvgIpc) is 2.67. The molecule has 1 aliphatic heterocycles. The predicted molar refractivity (Wildman–Crippen MR) is 67.3 cm³/mol. The summed E-state index contributed by atoms with van der Waals surface area (Å²) < 4.78 is -0.885. The molecule has 2 fully saturated rings. The van der Waals surface area contributed by atoms with Crippen LogP contribution in [0.1, 0.15) is 27.2 Å². The molecule has 1 saturated heterocycles. The summed E-state index contributed by atoms with van der Waals surface area (Å²) in [4.78, 5) is 26.5. The van der Waals surface area contributed by atoms with Gasteiger partial charge in [-0.05, 0) is 20.3 Å². The molecule has 3 amide bonds. The highest BCUT2D eigenvalue weighted by Crippen LogP contribution is 2.64. The fraction of sp³-hybridized carbons (Fsp3) is 0.818. The van der Waals surface area contributed by atoms with E-state index >= 15 is 0 Å². The van der Waals surface area contributed by atoms with Crippen LogP contribution in [0.25, 0.3) is 0 Å². The number of urea groups is 1. The van der Waals surface area contributed by atoms with E-state index in [2.05, 4.69) is 0 Å². The second-order valence-corrected chi connectivity index (χ2v) is 7.23. The molecule has 0 spiro atoms. The van der Waals surface area contributed by atoms with E-state index in [1.807, 2.05) is 6.92 Å². The van der Waals surface area contributed by atoms with E-state index in [0.717, 1.165) is 9.80 Å². The van der Waals surface area contributed by atoms with Crippen molar-refractivity contribution in [3.8, 4) is 0 Å². The van der Waals surface area contributed by atoms with Gasteiger partial charge in [0.2, 0.25) is 0 Å². The van der Waals surface area contributed by atoms with Crippen LogP contribution in [0.4, 0.5) is 4.79 Å². The molecule has 7 heteroatoms. The number of carbonyl (C=O) groups excluding carboxylic acids is 2. The van der Waals surface area contributed by atoms with Gasteiger partial charge in [0.1, 0.15) is 16.6 Å². The lowest BCUT2D eigenvalue weighted by Crippen LogP contribution is -2.44. The third-order valence-electron chi connectivity index (χ3n) is 3.92. The lowest BCUT2D eigenvalue weighted by atomic mass is 10.0. The highest BCUT2D eigenvalue weighted by atomic mass is 35.5. The zero-order chi connectivity index (χ0) is 13.9. The summed E-state index contributed by atoms with van der Waals surface area (Å²) >= 11 is 12.0. The fourth-order valence-electron chi connectivity index (χ4n) is 2.26. The van der Waals surface area contributed by atoms with Gasteiger partial charge >= 0.3 is 6.03 Å². The summed E-state index contributed by atoms with van der Waals surface area (Å²) in [5.74, 6) is -0.334. The van der Waals surface area contributed by atoms with E-state index in [1.54, 1.807) is 13.8 Å². The number of nitrogens with zero attached hydrogens (tertiary/aromatic N) is 2. The summed E-state index contributed by atoms with van der Waals surface area (Å²) in [7, 11) is 0. The number of rotatable bonds is 3. The van der Waals surface area contributed by atoms with Gasteiger partial charge in [-0.2, -0.15) is 0 Å². The maximum atomic E-state index is 12.2. The predicted octanol–water partition coefficient (Wildman–Crippen LogP) is 1.56. The van der Waals surface area contributed by atoms with Crippen molar-refractivity contribution in [1.82, 2.24) is 9.80 Å². The number of halogens is 2. The van der Waals surface area contributed by atoms with Crippen LogP contribution in [-0.4, -0.2) is 50.0 Å². The van der Waals surface area contributed by atoms with Crippen LogP contribution in [0.3, 0.4) is 0 Å². The van der Waals surface area contributed by atoms with Crippen molar-refractivity contribution in [2.75, 3.05) is 13.3 Å².